The van der Waals surface area contributed by atoms with Crippen molar-refractivity contribution in [3.63, 3.8) is 0 Å². The van der Waals surface area contributed by atoms with Crippen LogP contribution in [0.5, 0.6) is 0 Å². The topological polar surface area (TPSA) is 29.1 Å². The number of unbranched alkanes of at least 4 members (excludes halogenated alkanes) is 7. The highest BCUT2D eigenvalue weighted by atomic mass is 16.2. The lowest BCUT2D eigenvalue weighted by molar-refractivity contribution is -0.134. The lowest BCUT2D eigenvalue weighted by Crippen LogP contribution is -2.56. The van der Waals surface area contributed by atoms with Gasteiger partial charge in [0.05, 0.1) is 5.92 Å². The molecule has 1 rings (SSSR count). The van der Waals surface area contributed by atoms with Crippen LogP contribution in [0.3, 0.4) is 0 Å². The average Bonchev–Trinajstić information content (AvgIpc) is 2.30. The van der Waals surface area contributed by atoms with Crippen molar-refractivity contribution >= 4 is 5.91 Å². The lowest BCUT2D eigenvalue weighted by atomic mass is 9.88. The third kappa shape index (κ3) is 4.54. The fourth-order valence-electron chi connectivity index (χ4n) is 2.35. The zero-order valence-corrected chi connectivity index (χ0v) is 10.9. The van der Waals surface area contributed by atoms with Crippen molar-refractivity contribution in [3.8, 4) is 0 Å². The molecule has 2 heteroatoms. The molecular weight excluding hydrogens is 198 g/mol. The number of hydrogen-bond acceptors (Lipinski definition) is 1. The van der Waals surface area contributed by atoms with Gasteiger partial charge in [-0.05, 0) is 6.42 Å². The van der Waals surface area contributed by atoms with Crippen molar-refractivity contribution in [2.45, 2.75) is 77.7 Å². The van der Waals surface area contributed by atoms with Crippen molar-refractivity contribution in [3.05, 3.63) is 0 Å². The third-order valence-electron chi connectivity index (χ3n) is 3.71. The quantitative estimate of drug-likeness (QED) is 0.471. The van der Waals surface area contributed by atoms with Crippen molar-refractivity contribution in [1.82, 2.24) is 5.32 Å². The fourth-order valence-corrected chi connectivity index (χ4v) is 2.35. The Morgan fingerprint density at radius 2 is 1.56 bits per heavy atom. The Hall–Kier alpha value is -0.530. The number of nitrogens with one attached hydrogen (secondary N) is 1. The molecule has 1 aliphatic rings. The van der Waals surface area contributed by atoms with Gasteiger partial charge in [0.2, 0.25) is 5.91 Å². The van der Waals surface area contributed by atoms with Crippen LogP contribution < -0.4 is 5.32 Å². The Morgan fingerprint density at radius 3 is 2.06 bits per heavy atom. The van der Waals surface area contributed by atoms with E-state index in [4.69, 9.17) is 0 Å². The van der Waals surface area contributed by atoms with E-state index in [0.717, 1.165) is 0 Å². The Morgan fingerprint density at radius 1 is 1.00 bits per heavy atom. The van der Waals surface area contributed by atoms with Crippen LogP contribution in [0.25, 0.3) is 0 Å². The summed E-state index contributed by atoms with van der Waals surface area (Å²) in [6, 6.07) is 0.479. The summed E-state index contributed by atoms with van der Waals surface area (Å²) in [6.07, 6.45) is 12.1. The van der Waals surface area contributed by atoms with Crippen LogP contribution in [0.2, 0.25) is 0 Å². The van der Waals surface area contributed by atoms with E-state index < -0.39 is 0 Å². The summed E-state index contributed by atoms with van der Waals surface area (Å²) in [4.78, 5) is 11.0. The maximum absolute atomic E-state index is 11.0. The monoisotopic (exact) mass is 225 g/mol. The largest absolute Gasteiger partial charge is 0.352 e. The Labute approximate surface area is 100 Å². The number of rotatable bonds is 9. The number of β-lactam (4-membered cyclic amide) rings is 1. The first-order valence-corrected chi connectivity index (χ1v) is 7.06. The second-order valence-electron chi connectivity index (χ2n) is 5.17. The molecule has 0 aromatic carbocycles. The van der Waals surface area contributed by atoms with Crippen LogP contribution in [0.15, 0.2) is 0 Å². The molecule has 16 heavy (non-hydrogen) atoms. The molecule has 94 valence electrons. The van der Waals surface area contributed by atoms with E-state index >= 15 is 0 Å². The van der Waals surface area contributed by atoms with Crippen LogP contribution in [-0.2, 0) is 4.79 Å². The van der Waals surface area contributed by atoms with Gasteiger partial charge in [0.25, 0.3) is 0 Å². The molecule has 1 heterocycles. The number of amides is 1. The zero-order valence-electron chi connectivity index (χ0n) is 10.9. The van der Waals surface area contributed by atoms with Crippen LogP contribution >= 0.6 is 0 Å². The molecule has 0 radical (unpaired) electrons. The normalized spacial score (nSPS) is 24.0. The van der Waals surface area contributed by atoms with Gasteiger partial charge in [-0.1, -0.05) is 65.2 Å². The molecule has 0 saturated carbocycles. The Kier molecular flexibility index (Phi) is 6.51. The van der Waals surface area contributed by atoms with E-state index in [0.29, 0.717) is 6.04 Å². The maximum Gasteiger partial charge on any atom is 0.225 e. The van der Waals surface area contributed by atoms with E-state index in [-0.39, 0.29) is 11.8 Å². The Balaban J connectivity index is 1.80. The molecule has 0 bridgehead atoms. The van der Waals surface area contributed by atoms with Crippen molar-refractivity contribution < 1.29 is 4.79 Å². The first-order valence-electron chi connectivity index (χ1n) is 7.06. The average molecular weight is 225 g/mol. The van der Waals surface area contributed by atoms with E-state index in [1.165, 1.54) is 57.8 Å². The third-order valence-corrected chi connectivity index (χ3v) is 3.71. The maximum atomic E-state index is 11.0. The first kappa shape index (κ1) is 13.5. The highest BCUT2D eigenvalue weighted by Gasteiger charge is 2.33. The van der Waals surface area contributed by atoms with Gasteiger partial charge in [0.15, 0.2) is 0 Å². The number of hydrogen-bond donors (Lipinski definition) is 1. The minimum absolute atomic E-state index is 0.240. The molecule has 1 amide bonds. The minimum atomic E-state index is 0.240. The molecule has 1 fully saturated rings. The summed E-state index contributed by atoms with van der Waals surface area (Å²) in [6.45, 7) is 4.29. The fraction of sp³-hybridized carbons (Fsp3) is 0.929. The Bertz CT molecular complexity index is 203. The van der Waals surface area contributed by atoms with Gasteiger partial charge in [-0.2, -0.15) is 0 Å². The first-order chi connectivity index (χ1) is 7.75. The SMILES string of the molecule is CCCCCCCCCC[C@H]1NC(=O)C1C. The standard InChI is InChI=1S/C14H27NO/c1-3-4-5-6-7-8-9-10-11-13-12(2)14(16)15-13/h12-13H,3-11H2,1-2H3,(H,15,16)/t12?,13-/m1/s1. The van der Waals surface area contributed by atoms with Gasteiger partial charge in [0.1, 0.15) is 0 Å². The van der Waals surface area contributed by atoms with Gasteiger partial charge in [-0.25, -0.2) is 0 Å². The number of carbonyl (C=O) groups excluding carboxylic acids is 1. The molecule has 0 aromatic heterocycles. The molecular formula is C14H27NO. The highest BCUT2D eigenvalue weighted by Crippen LogP contribution is 2.20. The van der Waals surface area contributed by atoms with Crippen molar-refractivity contribution in [1.29, 1.82) is 0 Å². The van der Waals surface area contributed by atoms with E-state index in [1.807, 2.05) is 6.92 Å². The molecule has 1 N–H and O–H groups in total. The van der Waals surface area contributed by atoms with Crippen LogP contribution in [-0.4, -0.2) is 11.9 Å². The smallest absolute Gasteiger partial charge is 0.225 e. The molecule has 0 spiro atoms. The number of carbonyl (C=O) groups is 1. The summed E-state index contributed by atoms with van der Waals surface area (Å²) < 4.78 is 0. The molecule has 2 atom stereocenters. The predicted molar refractivity (Wildman–Crippen MR) is 68.3 cm³/mol. The van der Waals surface area contributed by atoms with Crippen molar-refractivity contribution in [2.75, 3.05) is 0 Å². The molecule has 1 saturated heterocycles. The molecule has 1 unspecified atom stereocenters. The summed E-state index contributed by atoms with van der Waals surface area (Å²) in [5, 5.41) is 2.97. The predicted octanol–water partition coefficient (Wildman–Crippen LogP) is 3.65. The van der Waals surface area contributed by atoms with Crippen LogP contribution in [0.4, 0.5) is 0 Å². The van der Waals surface area contributed by atoms with E-state index in [1.54, 1.807) is 0 Å². The molecule has 0 aromatic rings. The van der Waals surface area contributed by atoms with Gasteiger partial charge >= 0.3 is 0 Å². The lowest BCUT2D eigenvalue weighted by Gasteiger charge is -2.34. The minimum Gasteiger partial charge on any atom is -0.352 e. The zero-order chi connectivity index (χ0) is 11.8. The van der Waals surface area contributed by atoms with Crippen molar-refractivity contribution in [2.24, 2.45) is 5.92 Å². The highest BCUT2D eigenvalue weighted by molar-refractivity contribution is 5.85. The summed E-state index contributed by atoms with van der Waals surface area (Å²) in [5.41, 5.74) is 0. The van der Waals surface area contributed by atoms with E-state index in [9.17, 15) is 4.79 Å². The second-order valence-corrected chi connectivity index (χ2v) is 5.17. The van der Waals surface area contributed by atoms with Gasteiger partial charge in [-0.15, -0.1) is 0 Å². The van der Waals surface area contributed by atoms with Gasteiger partial charge in [0, 0.05) is 6.04 Å². The molecule has 2 nitrogen and oxygen atoms in total. The van der Waals surface area contributed by atoms with Gasteiger partial charge < -0.3 is 5.32 Å². The summed E-state index contributed by atoms with van der Waals surface area (Å²) >= 11 is 0. The second kappa shape index (κ2) is 7.70. The van der Waals surface area contributed by atoms with E-state index in [2.05, 4.69) is 12.2 Å². The molecule has 0 aliphatic carbocycles. The van der Waals surface area contributed by atoms with Gasteiger partial charge in [-0.3, -0.25) is 4.79 Å². The summed E-state index contributed by atoms with van der Waals surface area (Å²) in [5.74, 6) is 0.508. The van der Waals surface area contributed by atoms with Crippen LogP contribution in [0, 0.1) is 5.92 Å². The molecule has 1 aliphatic heterocycles. The summed E-state index contributed by atoms with van der Waals surface area (Å²) in [7, 11) is 0. The van der Waals surface area contributed by atoms with Crippen LogP contribution in [0.1, 0.15) is 71.6 Å².